The maximum absolute atomic E-state index is 12.4. The van der Waals surface area contributed by atoms with Gasteiger partial charge in [-0.1, -0.05) is 31.2 Å². The van der Waals surface area contributed by atoms with Crippen LogP contribution in [0.3, 0.4) is 0 Å². The van der Waals surface area contributed by atoms with Crippen LogP contribution in [0.15, 0.2) is 24.3 Å². The van der Waals surface area contributed by atoms with Crippen LogP contribution in [-0.2, 0) is 17.6 Å². The summed E-state index contributed by atoms with van der Waals surface area (Å²) in [4.78, 5) is 12.4. The molecule has 3 rings (SSSR count). The van der Waals surface area contributed by atoms with Gasteiger partial charge in [-0.15, -0.1) is 0 Å². The topological polar surface area (TPSA) is 66.0 Å². The number of aromatic amines is 1. The first-order valence-corrected chi connectivity index (χ1v) is 8.20. The lowest BCUT2D eigenvalue weighted by atomic mass is 9.64. The minimum Gasteiger partial charge on any atom is -0.389 e. The molecule has 4 nitrogen and oxygen atoms in total. The molecule has 122 valence electrons. The fraction of sp³-hybridized carbons (Fsp3) is 0.474. The van der Waals surface area contributed by atoms with E-state index in [2.05, 4.69) is 41.4 Å². The van der Waals surface area contributed by atoms with Gasteiger partial charge < -0.3 is 5.11 Å². The molecule has 0 unspecified atom stereocenters. The minimum absolute atomic E-state index is 0.0193. The highest BCUT2D eigenvalue weighted by molar-refractivity contribution is 5.82. The van der Waals surface area contributed by atoms with Crippen molar-refractivity contribution in [2.24, 2.45) is 5.92 Å². The second kappa shape index (κ2) is 5.60. The number of H-pyrrole nitrogens is 1. The van der Waals surface area contributed by atoms with Crippen LogP contribution in [0.5, 0.6) is 0 Å². The number of rotatable bonds is 3. The number of fused-ring (bicyclic) bond motifs is 1. The number of aryl methyl sites for hydroxylation is 2. The molecule has 23 heavy (non-hydrogen) atoms. The Hall–Kier alpha value is -1.94. The molecule has 2 N–H and O–H groups in total. The van der Waals surface area contributed by atoms with E-state index in [0.717, 1.165) is 28.9 Å². The number of hydrogen-bond acceptors (Lipinski definition) is 3. The molecule has 0 saturated carbocycles. The molecule has 1 aliphatic rings. The number of Topliss-reactive ketones (excluding diaryl/α,β-unsaturated/α-hetero) is 1. The summed E-state index contributed by atoms with van der Waals surface area (Å²) >= 11 is 0. The molecule has 0 fully saturated rings. The number of hydrogen-bond donors (Lipinski definition) is 2. The van der Waals surface area contributed by atoms with Gasteiger partial charge in [-0.25, -0.2) is 0 Å². The van der Waals surface area contributed by atoms with Gasteiger partial charge in [-0.3, -0.25) is 9.89 Å². The third-order valence-electron chi connectivity index (χ3n) is 5.10. The van der Waals surface area contributed by atoms with Crippen LogP contribution in [0, 0.1) is 12.8 Å². The quantitative estimate of drug-likeness (QED) is 0.916. The van der Waals surface area contributed by atoms with Crippen LogP contribution in [-0.4, -0.2) is 26.7 Å². The van der Waals surface area contributed by atoms with E-state index in [1.54, 1.807) is 13.8 Å². The normalized spacial score (nSPS) is 26.8. The van der Waals surface area contributed by atoms with E-state index < -0.39 is 11.5 Å². The summed E-state index contributed by atoms with van der Waals surface area (Å²) in [5, 5.41) is 18.3. The number of nitrogens with zero attached hydrogens (tertiary/aromatic N) is 1. The van der Waals surface area contributed by atoms with E-state index >= 15 is 0 Å². The minimum atomic E-state index is -1.09. The first-order valence-electron chi connectivity index (χ1n) is 8.20. The molecule has 0 saturated heterocycles. The zero-order valence-corrected chi connectivity index (χ0v) is 14.2. The van der Waals surface area contributed by atoms with Gasteiger partial charge in [0.1, 0.15) is 5.78 Å². The molecule has 1 heterocycles. The molecule has 0 amide bonds. The molecular weight excluding hydrogens is 288 g/mol. The fourth-order valence-corrected chi connectivity index (χ4v) is 4.00. The Balaban J connectivity index is 2.19. The van der Waals surface area contributed by atoms with Gasteiger partial charge in [0.05, 0.1) is 17.2 Å². The third kappa shape index (κ3) is 2.61. The lowest BCUT2D eigenvalue weighted by molar-refractivity contribution is -0.130. The van der Waals surface area contributed by atoms with Crippen molar-refractivity contribution in [1.82, 2.24) is 10.2 Å². The average molecular weight is 312 g/mol. The first kappa shape index (κ1) is 15.9. The highest BCUT2D eigenvalue weighted by Crippen LogP contribution is 2.46. The highest BCUT2D eigenvalue weighted by atomic mass is 16.3. The average Bonchev–Trinajstić information content (AvgIpc) is 2.85. The van der Waals surface area contributed by atoms with E-state index in [-0.39, 0.29) is 11.7 Å². The maximum Gasteiger partial charge on any atom is 0.136 e. The van der Waals surface area contributed by atoms with E-state index in [9.17, 15) is 9.90 Å². The zero-order valence-electron chi connectivity index (χ0n) is 14.2. The SMILES string of the molecule is CCc1ccc([C@@H]2c3c(n[nH]c3C)C[C@@](C)(O)[C@H]2C(C)=O)cc1. The molecular formula is C19H24N2O2. The maximum atomic E-state index is 12.4. The Bertz CT molecular complexity index is 728. The Labute approximate surface area is 136 Å². The predicted molar refractivity (Wildman–Crippen MR) is 89.5 cm³/mol. The van der Waals surface area contributed by atoms with Gasteiger partial charge in [-0.05, 0) is 38.3 Å². The number of nitrogens with one attached hydrogen (secondary N) is 1. The molecule has 1 aromatic carbocycles. The van der Waals surface area contributed by atoms with Crippen molar-refractivity contribution in [2.45, 2.75) is 52.1 Å². The van der Waals surface area contributed by atoms with E-state index in [0.29, 0.717) is 6.42 Å². The van der Waals surface area contributed by atoms with Gasteiger partial charge in [0.25, 0.3) is 0 Å². The summed E-state index contributed by atoms with van der Waals surface area (Å²) in [5.74, 6) is -0.597. The molecule has 0 radical (unpaired) electrons. The molecule has 1 aliphatic carbocycles. The summed E-state index contributed by atoms with van der Waals surface area (Å²) in [5.41, 5.74) is 4.16. The van der Waals surface area contributed by atoms with Crippen molar-refractivity contribution in [3.05, 3.63) is 52.3 Å². The van der Waals surface area contributed by atoms with Crippen LogP contribution in [0.2, 0.25) is 0 Å². The van der Waals surface area contributed by atoms with E-state index in [4.69, 9.17) is 0 Å². The van der Waals surface area contributed by atoms with Crippen molar-refractivity contribution in [1.29, 1.82) is 0 Å². The zero-order chi connectivity index (χ0) is 16.8. The van der Waals surface area contributed by atoms with Crippen LogP contribution >= 0.6 is 0 Å². The van der Waals surface area contributed by atoms with Crippen LogP contribution in [0.25, 0.3) is 0 Å². The van der Waals surface area contributed by atoms with Crippen LogP contribution < -0.4 is 0 Å². The number of carbonyl (C=O) groups excluding carboxylic acids is 1. The van der Waals surface area contributed by atoms with Crippen molar-refractivity contribution in [3.8, 4) is 0 Å². The molecule has 0 spiro atoms. The molecule has 3 atom stereocenters. The summed E-state index contributed by atoms with van der Waals surface area (Å²) in [7, 11) is 0. The highest BCUT2D eigenvalue weighted by Gasteiger charge is 2.48. The van der Waals surface area contributed by atoms with Crippen LogP contribution in [0.1, 0.15) is 54.8 Å². The number of ketones is 1. The van der Waals surface area contributed by atoms with Crippen molar-refractivity contribution in [3.63, 3.8) is 0 Å². The third-order valence-corrected chi connectivity index (χ3v) is 5.10. The second-order valence-corrected chi connectivity index (χ2v) is 6.90. The van der Waals surface area contributed by atoms with Gasteiger partial charge in [0, 0.05) is 23.6 Å². The summed E-state index contributed by atoms with van der Waals surface area (Å²) in [6.45, 7) is 7.43. The Morgan fingerprint density at radius 2 is 2.04 bits per heavy atom. The van der Waals surface area contributed by atoms with Crippen molar-refractivity contribution >= 4 is 5.78 Å². The lowest BCUT2D eigenvalue weighted by Crippen LogP contribution is -2.48. The fourth-order valence-electron chi connectivity index (χ4n) is 4.00. The molecule has 1 aromatic heterocycles. The molecule has 0 bridgehead atoms. The predicted octanol–water partition coefficient (Wildman–Crippen LogP) is 2.92. The Kier molecular flexibility index (Phi) is 3.88. The number of benzene rings is 1. The van der Waals surface area contributed by atoms with Gasteiger partial charge in [0.2, 0.25) is 0 Å². The lowest BCUT2D eigenvalue weighted by Gasteiger charge is -2.41. The number of aromatic nitrogens is 2. The van der Waals surface area contributed by atoms with Crippen molar-refractivity contribution in [2.75, 3.05) is 0 Å². The second-order valence-electron chi connectivity index (χ2n) is 6.90. The van der Waals surface area contributed by atoms with Gasteiger partial charge in [-0.2, -0.15) is 5.10 Å². The molecule has 2 aromatic rings. The van der Waals surface area contributed by atoms with Gasteiger partial charge in [0.15, 0.2) is 0 Å². The summed E-state index contributed by atoms with van der Waals surface area (Å²) in [6.07, 6.45) is 1.38. The molecule has 4 heteroatoms. The van der Waals surface area contributed by atoms with Crippen LogP contribution in [0.4, 0.5) is 0 Å². The summed E-state index contributed by atoms with van der Waals surface area (Å²) in [6, 6.07) is 8.37. The smallest absolute Gasteiger partial charge is 0.136 e. The van der Waals surface area contributed by atoms with Crippen molar-refractivity contribution < 1.29 is 9.90 Å². The standard InChI is InChI=1S/C19H24N2O2/c1-5-13-6-8-14(9-7-13)17-16-11(2)20-21-15(16)10-19(4,23)18(17)12(3)22/h6-9,17-18,23H,5,10H2,1-4H3,(H,20,21)/t17-,18+,19-/m1/s1. The Morgan fingerprint density at radius 3 is 2.61 bits per heavy atom. The first-order chi connectivity index (χ1) is 10.8. The molecule has 0 aliphatic heterocycles. The Morgan fingerprint density at radius 1 is 1.39 bits per heavy atom. The monoisotopic (exact) mass is 312 g/mol. The van der Waals surface area contributed by atoms with E-state index in [1.165, 1.54) is 5.56 Å². The van der Waals surface area contributed by atoms with Gasteiger partial charge >= 0.3 is 0 Å². The summed E-state index contributed by atoms with van der Waals surface area (Å²) < 4.78 is 0. The number of carbonyl (C=O) groups is 1. The van der Waals surface area contributed by atoms with E-state index in [1.807, 2.05) is 6.92 Å². The number of aliphatic hydroxyl groups is 1. The largest absolute Gasteiger partial charge is 0.389 e.